The van der Waals surface area contributed by atoms with Gasteiger partial charge in [0.25, 0.3) is 0 Å². The van der Waals surface area contributed by atoms with E-state index in [1.807, 2.05) is 32.0 Å². The van der Waals surface area contributed by atoms with Gasteiger partial charge in [0.2, 0.25) is 11.7 Å². The van der Waals surface area contributed by atoms with Crippen molar-refractivity contribution < 1.29 is 24.2 Å². The molecule has 31 heavy (non-hydrogen) atoms. The van der Waals surface area contributed by atoms with Gasteiger partial charge in [-0.25, -0.2) is 9.48 Å². The van der Waals surface area contributed by atoms with Gasteiger partial charge in [0.05, 0.1) is 18.5 Å². The summed E-state index contributed by atoms with van der Waals surface area (Å²) in [6.45, 7) is 6.66. The van der Waals surface area contributed by atoms with Crippen molar-refractivity contribution in [3.05, 3.63) is 30.0 Å². The first-order valence-electron chi connectivity index (χ1n) is 10.9. The van der Waals surface area contributed by atoms with Crippen molar-refractivity contribution in [2.45, 2.75) is 58.9 Å². The van der Waals surface area contributed by atoms with E-state index in [0.29, 0.717) is 12.5 Å². The number of benzene rings is 1. The number of hydrogen-bond acceptors (Lipinski definition) is 5. The van der Waals surface area contributed by atoms with Crippen LogP contribution in [-0.4, -0.2) is 39.6 Å². The van der Waals surface area contributed by atoms with Crippen molar-refractivity contribution >= 4 is 17.9 Å². The number of fused-ring (bicyclic) bond motifs is 1. The maximum Gasteiger partial charge on any atom is 0.511 e. The third-order valence-corrected chi connectivity index (χ3v) is 6.14. The molecule has 4 rings (SSSR count). The largest absolute Gasteiger partial charge is 0.511 e. The van der Waals surface area contributed by atoms with Gasteiger partial charge in [-0.3, -0.25) is 9.69 Å². The number of carbonyl (C=O) groups excluding carboxylic acids is 1. The Morgan fingerprint density at radius 3 is 2.68 bits per heavy atom. The van der Waals surface area contributed by atoms with Crippen LogP contribution in [-0.2, 0) is 11.2 Å². The highest BCUT2D eigenvalue weighted by Crippen LogP contribution is 2.36. The third-order valence-electron chi connectivity index (χ3n) is 6.14. The highest BCUT2D eigenvalue weighted by molar-refractivity contribution is 5.96. The molecule has 1 saturated carbocycles. The zero-order valence-corrected chi connectivity index (χ0v) is 18.2. The van der Waals surface area contributed by atoms with Gasteiger partial charge in [-0.2, -0.15) is 0 Å². The van der Waals surface area contributed by atoms with E-state index in [9.17, 15) is 14.7 Å². The average Bonchev–Trinajstić information content (AvgIpc) is 3.34. The summed E-state index contributed by atoms with van der Waals surface area (Å²) in [7, 11) is 0. The second kappa shape index (κ2) is 8.61. The van der Waals surface area contributed by atoms with E-state index in [4.69, 9.17) is 9.47 Å². The highest BCUT2D eigenvalue weighted by atomic mass is 16.7. The second-order valence-corrected chi connectivity index (χ2v) is 8.78. The van der Waals surface area contributed by atoms with Gasteiger partial charge in [-0.05, 0) is 69.2 Å². The van der Waals surface area contributed by atoms with Crippen LogP contribution in [0.2, 0.25) is 0 Å². The minimum atomic E-state index is -1.44. The number of aromatic nitrogens is 2. The van der Waals surface area contributed by atoms with Gasteiger partial charge in [0.15, 0.2) is 5.75 Å². The molecular formula is C23H29N3O5. The topological polar surface area (TPSA) is 93.9 Å². The Kier molecular flexibility index (Phi) is 5.89. The van der Waals surface area contributed by atoms with Gasteiger partial charge in [-0.15, -0.1) is 5.10 Å². The number of carbonyl (C=O) groups is 2. The van der Waals surface area contributed by atoms with E-state index in [2.05, 4.69) is 12.0 Å². The lowest BCUT2D eigenvalue weighted by Crippen LogP contribution is -2.42. The minimum Gasteiger partial charge on any atom is -0.493 e. The maximum atomic E-state index is 13.4. The summed E-state index contributed by atoms with van der Waals surface area (Å²) in [4.78, 5) is 26.4. The fraction of sp³-hybridized carbons (Fsp3) is 0.522. The Labute approximate surface area is 181 Å². The van der Waals surface area contributed by atoms with Gasteiger partial charge in [0.1, 0.15) is 5.75 Å². The zero-order valence-electron chi connectivity index (χ0n) is 18.2. The predicted octanol–water partition coefficient (Wildman–Crippen LogP) is 4.43. The number of nitrogens with zero attached hydrogens (tertiary/aromatic N) is 3. The quantitative estimate of drug-likeness (QED) is 0.710. The van der Waals surface area contributed by atoms with Crippen molar-refractivity contribution in [2.24, 2.45) is 11.8 Å². The Balaban J connectivity index is 1.70. The molecule has 0 saturated heterocycles. The fourth-order valence-electron chi connectivity index (χ4n) is 4.44. The lowest BCUT2D eigenvalue weighted by molar-refractivity contribution is -0.124. The van der Waals surface area contributed by atoms with Gasteiger partial charge in [-0.1, -0.05) is 6.92 Å². The molecule has 2 aromatic rings. The first kappa shape index (κ1) is 21.2. The summed E-state index contributed by atoms with van der Waals surface area (Å²) in [5.74, 6) is 1.66. The molecule has 2 heterocycles. The van der Waals surface area contributed by atoms with Gasteiger partial charge in [0, 0.05) is 18.4 Å². The van der Waals surface area contributed by atoms with E-state index >= 15 is 0 Å². The summed E-state index contributed by atoms with van der Waals surface area (Å²) < 4.78 is 12.2. The molecule has 1 fully saturated rings. The molecule has 1 aliphatic carbocycles. The Morgan fingerprint density at radius 2 is 2.00 bits per heavy atom. The molecule has 8 nitrogen and oxygen atoms in total. The standard InChI is InChI=1S/C23H29N3O5/c1-14(2)26(22(27)16-6-4-15(3)5-7-16)21-20(31-23(28)29)13-25(24-21)18-8-9-19-17(12-18)10-11-30-19/h8-9,12-16H,4-7,10-11H2,1-3H3,(H,28,29)/t15-,16-. The first-order chi connectivity index (χ1) is 14.8. The molecule has 0 atom stereocenters. The lowest BCUT2D eigenvalue weighted by atomic mass is 9.82. The predicted molar refractivity (Wildman–Crippen MR) is 115 cm³/mol. The molecule has 1 aromatic carbocycles. The normalized spacial score (nSPS) is 20.3. The van der Waals surface area contributed by atoms with Crippen LogP contribution < -0.4 is 14.4 Å². The van der Waals surface area contributed by atoms with Crippen molar-refractivity contribution in [3.8, 4) is 17.2 Å². The molecule has 1 N–H and O–H groups in total. The molecular weight excluding hydrogens is 398 g/mol. The molecule has 1 amide bonds. The molecule has 0 unspecified atom stereocenters. The number of hydrogen-bond donors (Lipinski definition) is 1. The van der Waals surface area contributed by atoms with Crippen LogP contribution in [0.3, 0.4) is 0 Å². The van der Waals surface area contributed by atoms with Crippen LogP contribution in [0.4, 0.5) is 10.6 Å². The van der Waals surface area contributed by atoms with Crippen LogP contribution in [0, 0.1) is 11.8 Å². The average molecular weight is 428 g/mol. The molecule has 0 radical (unpaired) electrons. The number of rotatable bonds is 5. The summed E-state index contributed by atoms with van der Waals surface area (Å²) >= 11 is 0. The lowest BCUT2D eigenvalue weighted by Gasteiger charge is -2.32. The van der Waals surface area contributed by atoms with E-state index in [1.54, 1.807) is 9.58 Å². The highest BCUT2D eigenvalue weighted by Gasteiger charge is 2.34. The molecule has 0 bridgehead atoms. The van der Waals surface area contributed by atoms with Crippen molar-refractivity contribution in [3.63, 3.8) is 0 Å². The van der Waals surface area contributed by atoms with Crippen molar-refractivity contribution in [1.82, 2.24) is 9.78 Å². The molecule has 1 aromatic heterocycles. The zero-order chi connectivity index (χ0) is 22.1. The Hall–Kier alpha value is -3.03. The Morgan fingerprint density at radius 1 is 1.26 bits per heavy atom. The SMILES string of the molecule is CC(C)N(c1nn(-c2ccc3c(c2)CCO3)cc1OC(=O)O)C(=O)[C@H]1CC[C@H](C)CC1. The van der Waals surface area contributed by atoms with Crippen LogP contribution >= 0.6 is 0 Å². The number of ether oxygens (including phenoxy) is 2. The summed E-state index contributed by atoms with van der Waals surface area (Å²) in [6.07, 6.45) is 4.61. The van der Waals surface area contributed by atoms with Gasteiger partial charge < -0.3 is 14.6 Å². The smallest absolute Gasteiger partial charge is 0.493 e. The first-order valence-corrected chi connectivity index (χ1v) is 10.9. The van der Waals surface area contributed by atoms with E-state index in [0.717, 1.165) is 49.1 Å². The number of carboxylic acid groups (broad SMARTS) is 1. The molecule has 2 aliphatic rings. The molecule has 0 spiro atoms. The van der Waals surface area contributed by atoms with E-state index in [-0.39, 0.29) is 29.4 Å². The molecule has 1 aliphatic heterocycles. The summed E-state index contributed by atoms with van der Waals surface area (Å²) in [5, 5.41) is 13.9. The fourth-order valence-corrected chi connectivity index (χ4v) is 4.44. The van der Waals surface area contributed by atoms with Crippen molar-refractivity contribution in [2.75, 3.05) is 11.5 Å². The maximum absolute atomic E-state index is 13.4. The third kappa shape index (κ3) is 4.38. The summed E-state index contributed by atoms with van der Waals surface area (Å²) in [5.41, 5.74) is 1.83. The van der Waals surface area contributed by atoms with Crippen LogP contribution in [0.15, 0.2) is 24.4 Å². The molecule has 8 heteroatoms. The van der Waals surface area contributed by atoms with E-state index in [1.165, 1.54) is 6.20 Å². The number of amides is 1. The van der Waals surface area contributed by atoms with Crippen molar-refractivity contribution in [1.29, 1.82) is 0 Å². The van der Waals surface area contributed by atoms with Crippen LogP contribution in [0.25, 0.3) is 5.69 Å². The van der Waals surface area contributed by atoms with Crippen LogP contribution in [0.5, 0.6) is 11.5 Å². The second-order valence-electron chi connectivity index (χ2n) is 8.78. The minimum absolute atomic E-state index is 0.0234. The number of anilines is 1. The van der Waals surface area contributed by atoms with E-state index < -0.39 is 6.16 Å². The van der Waals surface area contributed by atoms with Crippen LogP contribution in [0.1, 0.15) is 52.0 Å². The Bertz CT molecular complexity index is 976. The monoisotopic (exact) mass is 427 g/mol. The van der Waals surface area contributed by atoms with Gasteiger partial charge >= 0.3 is 6.16 Å². The summed E-state index contributed by atoms with van der Waals surface area (Å²) in [6, 6.07) is 5.51. The molecule has 166 valence electrons.